The minimum Gasteiger partial charge on any atom is -0.491 e. The van der Waals surface area contributed by atoms with Crippen LogP contribution in [0.5, 0.6) is 5.75 Å². The molecule has 0 bridgehead atoms. The third kappa shape index (κ3) is 3.67. The third-order valence-electron chi connectivity index (χ3n) is 6.00. The van der Waals surface area contributed by atoms with Crippen LogP contribution in [0, 0.1) is 0 Å². The molecule has 5 heterocycles. The van der Waals surface area contributed by atoms with E-state index in [9.17, 15) is 0 Å². The molecule has 5 rings (SSSR count). The molecule has 0 saturated carbocycles. The van der Waals surface area contributed by atoms with Crippen LogP contribution in [0.3, 0.4) is 0 Å². The molecule has 1 atom stereocenters. The Labute approximate surface area is 182 Å². The zero-order chi connectivity index (χ0) is 21.5. The van der Waals surface area contributed by atoms with Crippen LogP contribution in [0.15, 0.2) is 24.8 Å². The molecule has 1 saturated heterocycles. The summed E-state index contributed by atoms with van der Waals surface area (Å²) in [6.07, 6.45) is 7.94. The second-order valence-electron chi connectivity index (χ2n) is 8.90. The minimum absolute atomic E-state index is 0.217. The van der Waals surface area contributed by atoms with Gasteiger partial charge in [-0.1, -0.05) is 0 Å². The number of pyridine rings is 1. The van der Waals surface area contributed by atoms with E-state index in [1.807, 2.05) is 17.1 Å². The molecule has 3 aromatic rings. The number of fused-ring (bicyclic) bond motifs is 3. The Hall–Kier alpha value is -2.94. The van der Waals surface area contributed by atoms with Crippen molar-refractivity contribution in [2.45, 2.75) is 45.3 Å². The molecule has 2 aliphatic rings. The first-order valence-electron chi connectivity index (χ1n) is 11.0. The number of hydrogen-bond acceptors (Lipinski definition) is 7. The first-order valence-corrected chi connectivity index (χ1v) is 11.0. The minimum atomic E-state index is 0.217. The fraction of sp³-hybridized carbons (Fsp3) is 0.545. The third-order valence-corrected chi connectivity index (χ3v) is 6.00. The summed E-state index contributed by atoms with van der Waals surface area (Å²) in [5, 5.41) is 4.35. The van der Waals surface area contributed by atoms with Gasteiger partial charge in [-0.2, -0.15) is 5.10 Å². The molecule has 9 heteroatoms. The summed E-state index contributed by atoms with van der Waals surface area (Å²) in [7, 11) is 4.25. The average molecular weight is 423 g/mol. The number of likely N-dealkylation sites (N-methyl/N-ethyl adjacent to an activating group) is 1. The van der Waals surface area contributed by atoms with Gasteiger partial charge in [0.15, 0.2) is 5.82 Å². The van der Waals surface area contributed by atoms with Crippen LogP contribution in [-0.2, 0) is 6.54 Å². The fourth-order valence-electron chi connectivity index (χ4n) is 4.59. The summed E-state index contributed by atoms with van der Waals surface area (Å²) >= 11 is 0. The largest absolute Gasteiger partial charge is 0.491 e. The van der Waals surface area contributed by atoms with E-state index in [0.29, 0.717) is 12.6 Å². The number of aromatic nitrogens is 6. The maximum absolute atomic E-state index is 6.13. The van der Waals surface area contributed by atoms with Crippen LogP contribution in [0.25, 0.3) is 22.9 Å². The van der Waals surface area contributed by atoms with Crippen molar-refractivity contribution in [3.8, 4) is 28.7 Å². The second-order valence-corrected chi connectivity index (χ2v) is 8.90. The molecule has 0 N–H and O–H groups in total. The normalized spacial score (nSPS) is 18.3. The lowest BCUT2D eigenvalue weighted by Crippen LogP contribution is -2.38. The van der Waals surface area contributed by atoms with E-state index in [1.165, 1.54) is 12.8 Å². The molecular weight excluding hydrogens is 392 g/mol. The van der Waals surface area contributed by atoms with Crippen LogP contribution in [0.1, 0.15) is 32.7 Å². The Balaban J connectivity index is 1.50. The summed E-state index contributed by atoms with van der Waals surface area (Å²) in [6, 6.07) is 2.79. The SMILES string of the molecule is CC(C)n1ncnc1-c1cn2c(n1)-c1cnc(N3CCCC3CN(C)C)cc1OCC2. The highest BCUT2D eigenvalue weighted by atomic mass is 16.5. The molecule has 0 aliphatic carbocycles. The van der Waals surface area contributed by atoms with Gasteiger partial charge < -0.3 is 19.1 Å². The molecule has 1 fully saturated rings. The number of hydrogen-bond donors (Lipinski definition) is 0. The van der Waals surface area contributed by atoms with E-state index < -0.39 is 0 Å². The second kappa shape index (κ2) is 7.96. The average Bonchev–Trinajstić information content (AvgIpc) is 3.45. The molecule has 31 heavy (non-hydrogen) atoms. The van der Waals surface area contributed by atoms with E-state index >= 15 is 0 Å². The van der Waals surface area contributed by atoms with Crippen LogP contribution in [-0.4, -0.2) is 74.0 Å². The van der Waals surface area contributed by atoms with Gasteiger partial charge in [0.05, 0.1) is 12.1 Å². The summed E-state index contributed by atoms with van der Waals surface area (Å²) < 4.78 is 10.2. The summed E-state index contributed by atoms with van der Waals surface area (Å²) in [4.78, 5) is 18.9. The van der Waals surface area contributed by atoms with Gasteiger partial charge in [-0.15, -0.1) is 0 Å². The monoisotopic (exact) mass is 422 g/mol. The summed E-state index contributed by atoms with van der Waals surface area (Å²) in [5.41, 5.74) is 1.75. The Morgan fingerprint density at radius 2 is 2.06 bits per heavy atom. The molecule has 0 spiro atoms. The highest BCUT2D eigenvalue weighted by Crippen LogP contribution is 2.36. The molecule has 3 aromatic heterocycles. The molecule has 0 aromatic carbocycles. The van der Waals surface area contributed by atoms with E-state index in [-0.39, 0.29) is 6.04 Å². The number of anilines is 1. The molecule has 9 nitrogen and oxygen atoms in total. The van der Waals surface area contributed by atoms with Crippen molar-refractivity contribution in [2.75, 3.05) is 38.7 Å². The number of nitrogens with zero attached hydrogens (tertiary/aromatic N) is 8. The lowest BCUT2D eigenvalue weighted by molar-refractivity contribution is 0.306. The van der Waals surface area contributed by atoms with E-state index in [2.05, 4.69) is 58.5 Å². The van der Waals surface area contributed by atoms with Crippen molar-refractivity contribution >= 4 is 5.82 Å². The van der Waals surface area contributed by atoms with Crippen LogP contribution >= 0.6 is 0 Å². The van der Waals surface area contributed by atoms with Gasteiger partial charge >= 0.3 is 0 Å². The molecule has 1 unspecified atom stereocenters. The number of rotatable bonds is 5. The first-order chi connectivity index (χ1) is 15.0. The molecule has 164 valence electrons. The van der Waals surface area contributed by atoms with Crippen LogP contribution in [0.2, 0.25) is 0 Å². The molecular formula is C22H30N8O. The Bertz CT molecular complexity index is 1070. The molecule has 2 aliphatic heterocycles. The predicted octanol–water partition coefficient (Wildman–Crippen LogP) is 2.71. The van der Waals surface area contributed by atoms with E-state index in [4.69, 9.17) is 14.7 Å². The van der Waals surface area contributed by atoms with Gasteiger partial charge in [0.1, 0.15) is 36.0 Å². The number of imidazole rings is 1. The predicted molar refractivity (Wildman–Crippen MR) is 119 cm³/mol. The fourth-order valence-corrected chi connectivity index (χ4v) is 4.59. The van der Waals surface area contributed by atoms with Gasteiger partial charge in [0.2, 0.25) is 0 Å². The maximum atomic E-state index is 6.13. The van der Waals surface area contributed by atoms with Gasteiger partial charge in [0.25, 0.3) is 0 Å². The van der Waals surface area contributed by atoms with Crippen molar-refractivity contribution < 1.29 is 4.74 Å². The topological polar surface area (TPSA) is 77.1 Å². The highest BCUT2D eigenvalue weighted by Gasteiger charge is 2.28. The Morgan fingerprint density at radius 3 is 2.87 bits per heavy atom. The summed E-state index contributed by atoms with van der Waals surface area (Å²) in [5.74, 6) is 3.49. The lowest BCUT2D eigenvalue weighted by Gasteiger charge is -2.28. The number of ether oxygens (including phenoxy) is 1. The van der Waals surface area contributed by atoms with Crippen molar-refractivity contribution in [3.63, 3.8) is 0 Å². The van der Waals surface area contributed by atoms with Gasteiger partial charge in [0, 0.05) is 43.6 Å². The standard InChI is InChI=1S/C22H30N8O/c1-15(2)30-22(24-14-25-30)18-13-28-8-9-31-19-10-20(23-11-17(19)21(28)26-18)29-7-5-6-16(29)12-27(3)4/h10-11,13-16H,5-9,12H2,1-4H3. The van der Waals surface area contributed by atoms with Gasteiger partial charge in [-0.05, 0) is 40.8 Å². The Kier molecular flexibility index (Phi) is 5.13. The quantitative estimate of drug-likeness (QED) is 0.626. The maximum Gasteiger partial charge on any atom is 0.178 e. The first kappa shape index (κ1) is 20.0. The van der Waals surface area contributed by atoms with Crippen LogP contribution in [0.4, 0.5) is 5.82 Å². The smallest absolute Gasteiger partial charge is 0.178 e. The van der Waals surface area contributed by atoms with E-state index in [0.717, 1.165) is 54.1 Å². The zero-order valence-electron chi connectivity index (χ0n) is 18.7. The highest BCUT2D eigenvalue weighted by molar-refractivity contribution is 5.69. The van der Waals surface area contributed by atoms with E-state index in [1.54, 1.807) is 6.33 Å². The molecule has 0 amide bonds. The van der Waals surface area contributed by atoms with Gasteiger partial charge in [-0.3, -0.25) is 0 Å². The van der Waals surface area contributed by atoms with Crippen molar-refractivity contribution in [2.24, 2.45) is 0 Å². The summed E-state index contributed by atoms with van der Waals surface area (Å²) in [6.45, 7) is 7.58. The van der Waals surface area contributed by atoms with Gasteiger partial charge in [-0.25, -0.2) is 19.6 Å². The molecule has 0 radical (unpaired) electrons. The lowest BCUT2D eigenvalue weighted by atomic mass is 10.2. The van der Waals surface area contributed by atoms with Crippen molar-refractivity contribution in [3.05, 3.63) is 24.8 Å². The Morgan fingerprint density at radius 1 is 1.19 bits per heavy atom. The van der Waals surface area contributed by atoms with Crippen molar-refractivity contribution in [1.29, 1.82) is 0 Å². The van der Waals surface area contributed by atoms with Crippen molar-refractivity contribution in [1.82, 2.24) is 34.2 Å². The van der Waals surface area contributed by atoms with Crippen LogP contribution < -0.4 is 9.64 Å². The zero-order valence-corrected chi connectivity index (χ0v) is 18.7.